The van der Waals surface area contributed by atoms with Crippen molar-refractivity contribution in [3.63, 3.8) is 0 Å². The Kier molecular flexibility index (Phi) is 6.57. The molecular formula is C25H27ClN2OS. The van der Waals surface area contributed by atoms with Crippen LogP contribution >= 0.6 is 22.9 Å². The number of likely N-dealkylation sites (tertiary alicyclic amines) is 1. The largest absolute Gasteiger partial charge is 0.313 e. The Morgan fingerprint density at radius 3 is 2.37 bits per heavy atom. The van der Waals surface area contributed by atoms with E-state index < -0.39 is 0 Å². The van der Waals surface area contributed by atoms with Crippen LogP contribution in [-0.4, -0.2) is 23.9 Å². The van der Waals surface area contributed by atoms with Gasteiger partial charge in [-0.2, -0.15) is 0 Å². The monoisotopic (exact) mass is 438 g/mol. The predicted molar refractivity (Wildman–Crippen MR) is 127 cm³/mol. The molecule has 1 amide bonds. The molecule has 1 atom stereocenters. The summed E-state index contributed by atoms with van der Waals surface area (Å²) >= 11 is 8.35. The minimum Gasteiger partial charge on any atom is -0.313 e. The molecule has 5 heteroatoms. The molecule has 0 aliphatic carbocycles. The number of anilines is 1. The lowest BCUT2D eigenvalue weighted by Crippen LogP contribution is -2.35. The summed E-state index contributed by atoms with van der Waals surface area (Å²) in [5.41, 5.74) is 4.19. The van der Waals surface area contributed by atoms with E-state index in [1.807, 2.05) is 42.5 Å². The molecule has 3 nitrogen and oxygen atoms in total. The Labute approximate surface area is 187 Å². The van der Waals surface area contributed by atoms with Gasteiger partial charge in [0, 0.05) is 21.0 Å². The lowest BCUT2D eigenvalue weighted by atomic mass is 9.93. The van der Waals surface area contributed by atoms with Gasteiger partial charge in [0.2, 0.25) is 0 Å². The van der Waals surface area contributed by atoms with Crippen molar-refractivity contribution < 1.29 is 4.79 Å². The maximum absolute atomic E-state index is 12.9. The highest BCUT2D eigenvalue weighted by molar-refractivity contribution is 7.16. The van der Waals surface area contributed by atoms with E-state index in [4.69, 9.17) is 11.6 Å². The fourth-order valence-corrected chi connectivity index (χ4v) is 5.57. The van der Waals surface area contributed by atoms with E-state index in [2.05, 4.69) is 36.2 Å². The van der Waals surface area contributed by atoms with Crippen LogP contribution in [0.1, 0.15) is 57.2 Å². The number of carbonyl (C=O) groups is 1. The summed E-state index contributed by atoms with van der Waals surface area (Å²) < 4.78 is 0. The molecule has 1 N–H and O–H groups in total. The Hall–Kier alpha value is -2.14. The van der Waals surface area contributed by atoms with Crippen molar-refractivity contribution in [1.82, 2.24) is 4.90 Å². The third-order valence-corrected chi connectivity index (χ3v) is 7.41. The SMILES string of the molecule is Cc1sc(NC(=O)c2ccccc2)c(C(c2ccccc2Cl)N2CCCCC2)c1C. The van der Waals surface area contributed by atoms with Crippen molar-refractivity contribution in [2.45, 2.75) is 39.2 Å². The van der Waals surface area contributed by atoms with Crippen molar-refractivity contribution in [3.8, 4) is 0 Å². The van der Waals surface area contributed by atoms with E-state index in [1.54, 1.807) is 11.3 Å². The van der Waals surface area contributed by atoms with E-state index in [9.17, 15) is 4.79 Å². The van der Waals surface area contributed by atoms with Gasteiger partial charge in [-0.1, -0.05) is 54.4 Å². The van der Waals surface area contributed by atoms with Crippen molar-refractivity contribution in [2.24, 2.45) is 0 Å². The normalized spacial score (nSPS) is 15.7. The molecule has 1 aliphatic rings. The fraction of sp³-hybridized carbons (Fsp3) is 0.320. The predicted octanol–water partition coefficient (Wildman–Crippen LogP) is 6.85. The van der Waals surface area contributed by atoms with Gasteiger partial charge in [-0.05, 0) is 69.1 Å². The molecule has 0 saturated carbocycles. The van der Waals surface area contributed by atoms with Gasteiger partial charge in [0.1, 0.15) is 5.00 Å². The third kappa shape index (κ3) is 4.31. The number of halogens is 1. The maximum Gasteiger partial charge on any atom is 0.256 e. The summed E-state index contributed by atoms with van der Waals surface area (Å²) in [6.45, 7) is 6.36. The van der Waals surface area contributed by atoms with Crippen LogP contribution in [0.25, 0.3) is 0 Å². The Bertz CT molecular complexity index is 1020. The second-order valence-corrected chi connectivity index (χ2v) is 9.50. The molecule has 4 rings (SSSR count). The zero-order valence-corrected chi connectivity index (χ0v) is 19.0. The molecule has 2 aromatic carbocycles. The van der Waals surface area contributed by atoms with E-state index in [0.29, 0.717) is 5.56 Å². The first kappa shape index (κ1) is 21.1. The minimum absolute atomic E-state index is 0.0371. The molecule has 30 heavy (non-hydrogen) atoms. The first-order chi connectivity index (χ1) is 14.6. The van der Waals surface area contributed by atoms with E-state index in [0.717, 1.165) is 28.7 Å². The summed E-state index contributed by atoms with van der Waals surface area (Å²) in [5.74, 6) is -0.0744. The lowest BCUT2D eigenvalue weighted by molar-refractivity contribution is 0.102. The number of aryl methyl sites for hydroxylation is 1. The lowest BCUT2D eigenvalue weighted by Gasteiger charge is -2.36. The first-order valence-corrected chi connectivity index (χ1v) is 11.7. The molecule has 0 radical (unpaired) electrons. The number of piperidine rings is 1. The average molecular weight is 439 g/mol. The number of rotatable bonds is 5. The van der Waals surface area contributed by atoms with Crippen LogP contribution in [0.15, 0.2) is 54.6 Å². The zero-order chi connectivity index (χ0) is 21.1. The van der Waals surface area contributed by atoms with Gasteiger partial charge in [0.25, 0.3) is 5.91 Å². The van der Waals surface area contributed by atoms with Gasteiger partial charge in [0.05, 0.1) is 6.04 Å². The van der Waals surface area contributed by atoms with Crippen LogP contribution in [0.3, 0.4) is 0 Å². The van der Waals surface area contributed by atoms with Gasteiger partial charge in [-0.15, -0.1) is 11.3 Å². The molecule has 0 spiro atoms. The molecule has 1 fully saturated rings. The van der Waals surface area contributed by atoms with Crippen LogP contribution in [0.4, 0.5) is 5.00 Å². The molecule has 1 aliphatic heterocycles. The summed E-state index contributed by atoms with van der Waals surface area (Å²) in [4.78, 5) is 16.7. The van der Waals surface area contributed by atoms with E-state index in [1.165, 1.54) is 35.3 Å². The first-order valence-electron chi connectivity index (χ1n) is 10.5. The number of thiophene rings is 1. The van der Waals surface area contributed by atoms with Crippen LogP contribution in [-0.2, 0) is 0 Å². The number of benzene rings is 2. The molecule has 3 aromatic rings. The quantitative estimate of drug-likeness (QED) is 0.472. The number of nitrogens with one attached hydrogen (secondary N) is 1. The molecule has 2 heterocycles. The molecular weight excluding hydrogens is 412 g/mol. The van der Waals surface area contributed by atoms with Crippen molar-refractivity contribution in [2.75, 3.05) is 18.4 Å². The van der Waals surface area contributed by atoms with E-state index >= 15 is 0 Å². The van der Waals surface area contributed by atoms with Crippen LogP contribution in [0.2, 0.25) is 5.02 Å². The Morgan fingerprint density at radius 2 is 1.67 bits per heavy atom. The second kappa shape index (κ2) is 9.34. The Morgan fingerprint density at radius 1 is 1.00 bits per heavy atom. The number of nitrogens with zero attached hydrogens (tertiary/aromatic N) is 1. The van der Waals surface area contributed by atoms with Crippen molar-refractivity contribution in [1.29, 1.82) is 0 Å². The number of hydrogen-bond acceptors (Lipinski definition) is 3. The molecule has 1 saturated heterocycles. The van der Waals surface area contributed by atoms with Gasteiger partial charge < -0.3 is 5.32 Å². The number of carbonyl (C=O) groups excluding carboxylic acids is 1. The molecule has 156 valence electrons. The highest BCUT2D eigenvalue weighted by atomic mass is 35.5. The Balaban J connectivity index is 1.79. The fourth-order valence-electron chi connectivity index (χ4n) is 4.24. The average Bonchev–Trinajstić information content (AvgIpc) is 3.04. The highest BCUT2D eigenvalue weighted by Gasteiger charge is 2.31. The topological polar surface area (TPSA) is 32.3 Å². The third-order valence-electron chi connectivity index (χ3n) is 5.92. The second-order valence-electron chi connectivity index (χ2n) is 7.87. The number of hydrogen-bond donors (Lipinski definition) is 1. The van der Waals surface area contributed by atoms with Gasteiger partial charge in [-0.25, -0.2) is 0 Å². The summed E-state index contributed by atoms with van der Waals surface area (Å²) in [7, 11) is 0. The van der Waals surface area contributed by atoms with Crippen LogP contribution in [0, 0.1) is 13.8 Å². The minimum atomic E-state index is -0.0744. The van der Waals surface area contributed by atoms with Gasteiger partial charge in [0.15, 0.2) is 0 Å². The summed E-state index contributed by atoms with van der Waals surface area (Å²) in [6, 6.07) is 17.5. The maximum atomic E-state index is 12.9. The van der Waals surface area contributed by atoms with Gasteiger partial charge >= 0.3 is 0 Å². The molecule has 0 bridgehead atoms. The van der Waals surface area contributed by atoms with Crippen molar-refractivity contribution in [3.05, 3.63) is 86.8 Å². The number of amides is 1. The summed E-state index contributed by atoms with van der Waals surface area (Å²) in [6.07, 6.45) is 3.65. The standard InChI is InChI=1S/C25H27ClN2OS/c1-17-18(2)30-25(27-24(29)19-11-5-3-6-12-19)22(17)23(28-15-9-4-10-16-28)20-13-7-8-14-21(20)26/h3,5-8,11-14,23H,4,9-10,15-16H2,1-2H3,(H,27,29). The van der Waals surface area contributed by atoms with Crippen LogP contribution in [0.5, 0.6) is 0 Å². The van der Waals surface area contributed by atoms with Gasteiger partial charge in [-0.3, -0.25) is 9.69 Å². The smallest absolute Gasteiger partial charge is 0.256 e. The van der Waals surface area contributed by atoms with E-state index in [-0.39, 0.29) is 11.9 Å². The molecule has 1 aromatic heterocycles. The van der Waals surface area contributed by atoms with Crippen LogP contribution < -0.4 is 5.32 Å². The molecule has 1 unspecified atom stereocenters. The zero-order valence-electron chi connectivity index (χ0n) is 17.5. The summed E-state index contributed by atoms with van der Waals surface area (Å²) in [5, 5.41) is 4.91. The van der Waals surface area contributed by atoms with Crippen molar-refractivity contribution >= 4 is 33.8 Å². The highest BCUT2D eigenvalue weighted by Crippen LogP contribution is 2.44.